The number of aliphatic hydroxyl groups excluding tert-OH is 1. The van der Waals surface area contributed by atoms with Gasteiger partial charge in [0.25, 0.3) is 0 Å². The zero-order chi connectivity index (χ0) is 12.8. The third-order valence-corrected chi connectivity index (χ3v) is 2.45. The van der Waals surface area contributed by atoms with Gasteiger partial charge in [0.2, 0.25) is 11.8 Å². The molecule has 6 heteroatoms. The summed E-state index contributed by atoms with van der Waals surface area (Å²) in [5.41, 5.74) is 0. The van der Waals surface area contributed by atoms with Crippen LogP contribution in [0, 0.1) is 0 Å². The molecule has 96 valence electrons. The Hall–Kier alpha value is -1.59. The topological polar surface area (TPSA) is 68.4 Å². The van der Waals surface area contributed by atoms with Crippen LogP contribution in [-0.4, -0.2) is 28.5 Å². The van der Waals surface area contributed by atoms with Gasteiger partial charge in [0.15, 0.2) is 0 Å². The minimum absolute atomic E-state index is 0.000643. The van der Waals surface area contributed by atoms with Crippen LogP contribution < -0.4 is 4.74 Å². The van der Waals surface area contributed by atoms with Crippen molar-refractivity contribution >= 4 is 11.6 Å². The number of halogens is 1. The van der Waals surface area contributed by atoms with E-state index in [-0.39, 0.29) is 6.61 Å². The van der Waals surface area contributed by atoms with E-state index in [0.29, 0.717) is 42.0 Å². The fourth-order valence-electron chi connectivity index (χ4n) is 1.40. The zero-order valence-corrected chi connectivity index (χ0v) is 10.4. The maximum absolute atomic E-state index is 8.71. The van der Waals surface area contributed by atoms with Gasteiger partial charge < -0.3 is 14.3 Å². The third-order valence-electron chi connectivity index (χ3n) is 2.22. The summed E-state index contributed by atoms with van der Waals surface area (Å²) in [6.07, 6.45) is 0.896. The summed E-state index contributed by atoms with van der Waals surface area (Å²) in [5.74, 6) is 1.65. The van der Waals surface area contributed by atoms with Crippen molar-refractivity contribution in [3.8, 4) is 5.75 Å². The third kappa shape index (κ3) is 3.72. The molecule has 0 fully saturated rings. The number of hydrogen-bond acceptors (Lipinski definition) is 5. The van der Waals surface area contributed by atoms with Crippen molar-refractivity contribution in [2.75, 3.05) is 13.2 Å². The summed E-state index contributed by atoms with van der Waals surface area (Å²) in [6.45, 7) is 0.432. The molecule has 0 saturated heterocycles. The van der Waals surface area contributed by atoms with E-state index in [1.807, 2.05) is 12.1 Å². The molecule has 2 rings (SSSR count). The molecule has 0 aliphatic carbocycles. The Labute approximate surface area is 109 Å². The minimum atomic E-state index is 0.000643. The molecule has 5 nitrogen and oxygen atoms in total. The Morgan fingerprint density at radius 1 is 1.22 bits per heavy atom. The largest absolute Gasteiger partial charge is 0.493 e. The average molecular weight is 269 g/mol. The lowest BCUT2D eigenvalue weighted by atomic mass is 10.3. The van der Waals surface area contributed by atoms with Gasteiger partial charge in [0.05, 0.1) is 19.6 Å². The first-order valence-electron chi connectivity index (χ1n) is 5.58. The Morgan fingerprint density at radius 2 is 2.00 bits per heavy atom. The van der Waals surface area contributed by atoms with E-state index in [1.165, 1.54) is 0 Å². The summed E-state index contributed by atoms with van der Waals surface area (Å²) in [5, 5.41) is 17.0. The van der Waals surface area contributed by atoms with Crippen molar-refractivity contribution in [3.05, 3.63) is 41.1 Å². The van der Waals surface area contributed by atoms with E-state index in [0.717, 1.165) is 0 Å². The lowest BCUT2D eigenvalue weighted by Crippen LogP contribution is -2.01. The quantitative estimate of drug-likeness (QED) is 0.866. The Balaban J connectivity index is 1.81. The summed E-state index contributed by atoms with van der Waals surface area (Å²) >= 11 is 5.83. The van der Waals surface area contributed by atoms with Gasteiger partial charge in [-0.1, -0.05) is 17.7 Å². The maximum Gasteiger partial charge on any atom is 0.219 e. The number of nitrogens with zero attached hydrogens (tertiary/aromatic N) is 2. The number of aliphatic hydroxyl groups is 1. The normalized spacial score (nSPS) is 10.6. The van der Waals surface area contributed by atoms with Crippen molar-refractivity contribution in [2.24, 2.45) is 0 Å². The molecule has 0 aliphatic heterocycles. The van der Waals surface area contributed by atoms with Gasteiger partial charge in [-0.15, -0.1) is 10.2 Å². The smallest absolute Gasteiger partial charge is 0.219 e. The lowest BCUT2D eigenvalue weighted by molar-refractivity contribution is 0.278. The number of rotatable bonds is 6. The first-order valence-corrected chi connectivity index (χ1v) is 5.96. The molecule has 0 atom stereocenters. The van der Waals surface area contributed by atoms with Crippen LogP contribution in [0.1, 0.15) is 11.8 Å². The molecule has 1 heterocycles. The summed E-state index contributed by atoms with van der Waals surface area (Å²) in [7, 11) is 0. The fourth-order valence-corrected chi connectivity index (χ4v) is 1.58. The van der Waals surface area contributed by atoms with Gasteiger partial charge in [-0.05, 0) is 18.2 Å². The fraction of sp³-hybridized carbons (Fsp3) is 0.333. The van der Waals surface area contributed by atoms with Crippen LogP contribution in [0.4, 0.5) is 0 Å². The number of benzene rings is 1. The highest BCUT2D eigenvalue weighted by molar-refractivity contribution is 6.30. The first kappa shape index (κ1) is 12.9. The van der Waals surface area contributed by atoms with Crippen molar-refractivity contribution in [3.63, 3.8) is 0 Å². The molecule has 1 N–H and O–H groups in total. The number of aromatic nitrogens is 2. The summed E-state index contributed by atoms with van der Waals surface area (Å²) in [4.78, 5) is 0. The predicted molar refractivity (Wildman–Crippen MR) is 65.7 cm³/mol. The van der Waals surface area contributed by atoms with Crippen LogP contribution in [0.3, 0.4) is 0 Å². The van der Waals surface area contributed by atoms with Crippen LogP contribution in [0.2, 0.25) is 5.02 Å². The van der Waals surface area contributed by atoms with Gasteiger partial charge >= 0.3 is 0 Å². The monoisotopic (exact) mass is 268 g/mol. The summed E-state index contributed by atoms with van der Waals surface area (Å²) < 4.78 is 10.8. The molecule has 0 bridgehead atoms. The Morgan fingerprint density at radius 3 is 2.72 bits per heavy atom. The van der Waals surface area contributed by atoms with E-state index < -0.39 is 0 Å². The van der Waals surface area contributed by atoms with E-state index >= 15 is 0 Å². The second-order valence-electron chi connectivity index (χ2n) is 3.62. The average Bonchev–Trinajstić information content (AvgIpc) is 2.78. The lowest BCUT2D eigenvalue weighted by Gasteiger charge is -2.04. The molecule has 0 saturated carbocycles. The molecule has 1 aromatic heterocycles. The van der Waals surface area contributed by atoms with Crippen LogP contribution in [0.25, 0.3) is 0 Å². The van der Waals surface area contributed by atoms with Gasteiger partial charge in [0.1, 0.15) is 5.75 Å². The standard InChI is InChI=1S/C12H13ClN2O3/c13-9-2-1-3-10(8-9)17-7-5-12-15-14-11(18-12)4-6-16/h1-3,8,16H,4-7H2. The molecule has 18 heavy (non-hydrogen) atoms. The summed E-state index contributed by atoms with van der Waals surface area (Å²) in [6, 6.07) is 7.18. The first-order chi connectivity index (χ1) is 8.78. The molecular weight excluding hydrogens is 256 g/mol. The zero-order valence-electron chi connectivity index (χ0n) is 9.67. The van der Waals surface area contributed by atoms with Crippen LogP contribution >= 0.6 is 11.6 Å². The minimum Gasteiger partial charge on any atom is -0.493 e. The molecule has 0 radical (unpaired) electrons. The van der Waals surface area contributed by atoms with Gasteiger partial charge in [-0.25, -0.2) is 0 Å². The second-order valence-corrected chi connectivity index (χ2v) is 4.06. The van der Waals surface area contributed by atoms with E-state index in [1.54, 1.807) is 12.1 Å². The Bertz CT molecular complexity index is 502. The molecular formula is C12H13ClN2O3. The molecule has 0 aliphatic rings. The second kappa shape index (κ2) is 6.37. The van der Waals surface area contributed by atoms with Gasteiger partial charge in [-0.2, -0.15) is 0 Å². The van der Waals surface area contributed by atoms with Gasteiger partial charge in [0, 0.05) is 11.4 Å². The highest BCUT2D eigenvalue weighted by Crippen LogP contribution is 2.17. The molecule has 0 unspecified atom stereocenters. The van der Waals surface area contributed by atoms with Crippen molar-refractivity contribution < 1.29 is 14.3 Å². The van der Waals surface area contributed by atoms with E-state index in [2.05, 4.69) is 10.2 Å². The SMILES string of the molecule is OCCc1nnc(CCOc2cccc(Cl)c2)o1. The van der Waals surface area contributed by atoms with Crippen LogP contribution in [0.15, 0.2) is 28.7 Å². The predicted octanol–water partition coefficient (Wildman–Crippen LogP) is 1.88. The highest BCUT2D eigenvalue weighted by Gasteiger charge is 2.05. The van der Waals surface area contributed by atoms with Crippen molar-refractivity contribution in [1.82, 2.24) is 10.2 Å². The molecule has 0 amide bonds. The molecule has 2 aromatic rings. The number of ether oxygens (including phenoxy) is 1. The van der Waals surface area contributed by atoms with Gasteiger partial charge in [-0.3, -0.25) is 0 Å². The highest BCUT2D eigenvalue weighted by atomic mass is 35.5. The van der Waals surface area contributed by atoms with E-state index in [9.17, 15) is 0 Å². The van der Waals surface area contributed by atoms with E-state index in [4.69, 9.17) is 25.9 Å². The molecule has 0 spiro atoms. The van der Waals surface area contributed by atoms with Crippen molar-refractivity contribution in [1.29, 1.82) is 0 Å². The molecule has 1 aromatic carbocycles. The van der Waals surface area contributed by atoms with Crippen LogP contribution in [0.5, 0.6) is 5.75 Å². The van der Waals surface area contributed by atoms with Crippen molar-refractivity contribution in [2.45, 2.75) is 12.8 Å². The Kier molecular flexibility index (Phi) is 4.55. The maximum atomic E-state index is 8.71. The van der Waals surface area contributed by atoms with Crippen LogP contribution in [-0.2, 0) is 12.8 Å². The number of hydrogen-bond donors (Lipinski definition) is 1.